The molecule has 1 atom stereocenters. The van der Waals surface area contributed by atoms with Crippen LogP contribution >= 0.6 is 11.3 Å². The zero-order valence-electron chi connectivity index (χ0n) is 9.41. The fourth-order valence-electron chi connectivity index (χ4n) is 2.15. The van der Waals surface area contributed by atoms with Crippen molar-refractivity contribution in [3.63, 3.8) is 0 Å². The number of aromatic nitrogens is 1. The maximum absolute atomic E-state index is 10.5. The molecule has 1 N–H and O–H groups in total. The van der Waals surface area contributed by atoms with Crippen LogP contribution in [0.2, 0.25) is 0 Å². The summed E-state index contributed by atoms with van der Waals surface area (Å²) in [7, 11) is 0. The summed E-state index contributed by atoms with van der Waals surface area (Å²) in [5, 5.41) is 11.2. The number of nitrogens with one attached hydrogen (secondary N) is 1. The first-order chi connectivity index (χ1) is 7.69. The number of hydrogen-bond acceptors (Lipinski definition) is 4. The van der Waals surface area contributed by atoms with Crippen LogP contribution in [-0.4, -0.2) is 24.0 Å². The highest BCUT2D eigenvalue weighted by Crippen LogP contribution is 2.20. The van der Waals surface area contributed by atoms with Crippen molar-refractivity contribution in [3.05, 3.63) is 15.6 Å². The molecule has 0 aliphatic carbocycles. The van der Waals surface area contributed by atoms with Gasteiger partial charge in [-0.1, -0.05) is 6.92 Å². The smallest absolute Gasteiger partial charge is 0.114 e. The lowest BCUT2D eigenvalue weighted by atomic mass is 10.2. The first-order valence-corrected chi connectivity index (χ1v) is 6.51. The molecule has 1 aliphatic rings. The Morgan fingerprint density at radius 1 is 1.62 bits per heavy atom. The van der Waals surface area contributed by atoms with Crippen LogP contribution in [0.4, 0.5) is 0 Å². The average molecular weight is 240 g/mol. The number of nitrogens with zero attached hydrogens (tertiary/aromatic N) is 1. The van der Waals surface area contributed by atoms with Crippen molar-refractivity contribution in [1.82, 2.24) is 4.98 Å². The molecule has 16 heavy (non-hydrogen) atoms. The highest BCUT2D eigenvalue weighted by atomic mass is 32.1. The highest BCUT2D eigenvalue weighted by molar-refractivity contribution is 7.11. The summed E-state index contributed by atoms with van der Waals surface area (Å²) < 4.78 is 0. The molecular formula is C11H16N2O2S. The van der Waals surface area contributed by atoms with Gasteiger partial charge in [0.25, 0.3) is 0 Å². The molecule has 0 bridgehead atoms. The number of fused-ring (bicyclic) bond motifs is 1. The van der Waals surface area contributed by atoms with E-state index in [1.807, 2.05) is 0 Å². The molecular weight excluding hydrogens is 224 g/mol. The largest absolute Gasteiger partial charge is 0.550 e. The van der Waals surface area contributed by atoms with Gasteiger partial charge in [0.1, 0.15) is 6.54 Å². The summed E-state index contributed by atoms with van der Waals surface area (Å²) in [5.41, 5.74) is 1.11. The predicted molar refractivity (Wildman–Crippen MR) is 59.2 cm³/mol. The van der Waals surface area contributed by atoms with E-state index in [2.05, 4.69) is 11.9 Å². The molecule has 88 valence electrons. The third-order valence-electron chi connectivity index (χ3n) is 2.85. The van der Waals surface area contributed by atoms with Crippen LogP contribution in [0.25, 0.3) is 0 Å². The number of aliphatic carboxylic acids is 1. The summed E-state index contributed by atoms with van der Waals surface area (Å²) in [5.74, 6) is -1.04. The summed E-state index contributed by atoms with van der Waals surface area (Å²) in [6, 6.07) is 0. The molecule has 0 saturated carbocycles. The Hall–Kier alpha value is -0.940. The van der Waals surface area contributed by atoms with Gasteiger partial charge in [0.2, 0.25) is 0 Å². The lowest BCUT2D eigenvalue weighted by Crippen LogP contribution is -3.11. The number of carbonyl (C=O) groups excluding carboxylic acids is 1. The maximum atomic E-state index is 10.5. The van der Waals surface area contributed by atoms with Crippen LogP contribution in [0.3, 0.4) is 0 Å². The van der Waals surface area contributed by atoms with Gasteiger partial charge in [0, 0.05) is 18.8 Å². The molecule has 0 spiro atoms. The molecule has 2 heterocycles. The lowest BCUT2D eigenvalue weighted by Gasteiger charge is -2.22. The van der Waals surface area contributed by atoms with E-state index in [4.69, 9.17) is 0 Å². The molecule has 0 radical (unpaired) electrons. The Morgan fingerprint density at radius 3 is 3.12 bits per heavy atom. The van der Waals surface area contributed by atoms with E-state index in [9.17, 15) is 9.90 Å². The first-order valence-electron chi connectivity index (χ1n) is 5.70. The zero-order chi connectivity index (χ0) is 11.5. The second kappa shape index (κ2) is 4.93. The van der Waals surface area contributed by atoms with Gasteiger partial charge in [-0.2, -0.15) is 0 Å². The second-order valence-corrected chi connectivity index (χ2v) is 5.37. The van der Waals surface area contributed by atoms with Crippen LogP contribution in [0.5, 0.6) is 0 Å². The number of carboxylic acids is 1. The molecule has 5 heteroatoms. The third kappa shape index (κ3) is 2.59. The second-order valence-electron chi connectivity index (χ2n) is 4.20. The van der Waals surface area contributed by atoms with Gasteiger partial charge in [-0.05, 0) is 6.42 Å². The quantitative estimate of drug-likeness (QED) is 0.718. The number of carbonyl (C=O) groups is 1. The zero-order valence-corrected chi connectivity index (χ0v) is 10.2. The van der Waals surface area contributed by atoms with E-state index in [-0.39, 0.29) is 6.42 Å². The van der Waals surface area contributed by atoms with Crippen molar-refractivity contribution < 1.29 is 14.8 Å². The van der Waals surface area contributed by atoms with Crippen LogP contribution < -0.4 is 10.0 Å². The van der Waals surface area contributed by atoms with Gasteiger partial charge in [0.15, 0.2) is 0 Å². The summed E-state index contributed by atoms with van der Waals surface area (Å²) in [6.45, 7) is 5.51. The molecule has 1 aromatic heterocycles. The summed E-state index contributed by atoms with van der Waals surface area (Å²) in [6.07, 6.45) is 2.13. The standard InChI is InChI=1S/C11H16N2O2S/c1-2-4-13-5-3-8-9(7-13)16-10(12-8)6-11(14)15/h2-7H2,1H3,(H,14,15). The maximum Gasteiger partial charge on any atom is 0.114 e. The molecule has 0 saturated heterocycles. The van der Waals surface area contributed by atoms with E-state index in [1.54, 1.807) is 16.2 Å². The molecule has 0 amide bonds. The van der Waals surface area contributed by atoms with E-state index in [0.29, 0.717) is 5.01 Å². The fourth-order valence-corrected chi connectivity index (χ4v) is 3.32. The van der Waals surface area contributed by atoms with Crippen LogP contribution in [0, 0.1) is 0 Å². The number of quaternary nitrogens is 1. The van der Waals surface area contributed by atoms with Gasteiger partial charge in [-0.15, -0.1) is 11.3 Å². The Labute approximate surface area is 98.9 Å². The number of carboxylic acid groups (broad SMARTS) is 1. The van der Waals surface area contributed by atoms with E-state index >= 15 is 0 Å². The predicted octanol–water partition coefficient (Wildman–Crippen LogP) is -1.21. The number of hydrogen-bond donors (Lipinski definition) is 1. The molecule has 0 fully saturated rings. The van der Waals surface area contributed by atoms with Crippen LogP contribution in [-0.2, 0) is 24.2 Å². The SMILES string of the molecule is CCC[NH+]1CCc2nc(CC(=O)[O-])sc2C1. The van der Waals surface area contributed by atoms with Crippen molar-refractivity contribution in [2.45, 2.75) is 32.7 Å². The van der Waals surface area contributed by atoms with Gasteiger partial charge in [-0.3, -0.25) is 0 Å². The Kier molecular flexibility index (Phi) is 3.56. The third-order valence-corrected chi connectivity index (χ3v) is 3.95. The molecule has 1 aromatic rings. The minimum atomic E-state index is -1.04. The molecule has 1 aliphatic heterocycles. The fraction of sp³-hybridized carbons (Fsp3) is 0.636. The average Bonchev–Trinajstić information content (AvgIpc) is 2.58. The first kappa shape index (κ1) is 11.5. The van der Waals surface area contributed by atoms with Crippen LogP contribution in [0.15, 0.2) is 0 Å². The Balaban J connectivity index is 2.07. The van der Waals surface area contributed by atoms with Gasteiger partial charge in [-0.25, -0.2) is 4.98 Å². The van der Waals surface area contributed by atoms with E-state index < -0.39 is 5.97 Å². The van der Waals surface area contributed by atoms with Gasteiger partial charge in [0.05, 0.1) is 28.7 Å². The monoisotopic (exact) mass is 240 g/mol. The van der Waals surface area contributed by atoms with E-state index in [0.717, 1.165) is 25.2 Å². The van der Waals surface area contributed by atoms with Crippen molar-refractivity contribution in [1.29, 1.82) is 0 Å². The lowest BCUT2D eigenvalue weighted by molar-refractivity contribution is -0.915. The minimum absolute atomic E-state index is 0.0409. The van der Waals surface area contributed by atoms with Crippen molar-refractivity contribution >= 4 is 17.3 Å². The highest BCUT2D eigenvalue weighted by Gasteiger charge is 2.22. The molecule has 4 nitrogen and oxygen atoms in total. The van der Waals surface area contributed by atoms with Crippen molar-refractivity contribution in [2.75, 3.05) is 13.1 Å². The number of thiazole rings is 1. The topological polar surface area (TPSA) is 57.5 Å². The molecule has 2 rings (SSSR count). The van der Waals surface area contributed by atoms with Gasteiger partial charge < -0.3 is 14.8 Å². The van der Waals surface area contributed by atoms with E-state index in [1.165, 1.54) is 17.8 Å². The number of rotatable bonds is 4. The van der Waals surface area contributed by atoms with Crippen molar-refractivity contribution in [3.8, 4) is 0 Å². The van der Waals surface area contributed by atoms with Crippen molar-refractivity contribution in [2.24, 2.45) is 0 Å². The minimum Gasteiger partial charge on any atom is -0.550 e. The Morgan fingerprint density at radius 2 is 2.44 bits per heavy atom. The summed E-state index contributed by atoms with van der Waals surface area (Å²) in [4.78, 5) is 17.7. The Bertz CT molecular complexity index is 389. The molecule has 1 unspecified atom stereocenters. The van der Waals surface area contributed by atoms with Gasteiger partial charge >= 0.3 is 0 Å². The molecule has 0 aromatic carbocycles. The normalized spacial score (nSPS) is 19.4. The summed E-state index contributed by atoms with van der Waals surface area (Å²) >= 11 is 1.54. The van der Waals surface area contributed by atoms with Crippen LogP contribution in [0.1, 0.15) is 28.9 Å².